The largest absolute Gasteiger partial charge is 0.369 e. The third kappa shape index (κ3) is 4.21. The molecule has 1 fully saturated rings. The average Bonchev–Trinajstić information content (AvgIpc) is 2.41. The molecule has 0 saturated carbocycles. The van der Waals surface area contributed by atoms with E-state index in [-0.39, 0.29) is 24.4 Å². The zero-order chi connectivity index (χ0) is 14.5. The number of nitrogens with two attached hydrogens (primary N) is 1. The fourth-order valence-electron chi connectivity index (χ4n) is 2.33. The van der Waals surface area contributed by atoms with E-state index < -0.39 is 0 Å². The molecule has 1 aromatic carbocycles. The Kier molecular flexibility index (Phi) is 4.98. The second-order valence-corrected chi connectivity index (χ2v) is 5.43. The molecule has 0 aliphatic carbocycles. The Labute approximate surface area is 123 Å². The van der Waals surface area contributed by atoms with Crippen molar-refractivity contribution in [3.05, 3.63) is 34.9 Å². The predicted octanol–water partition coefficient (Wildman–Crippen LogP) is 1.02. The van der Waals surface area contributed by atoms with Crippen LogP contribution in [0, 0.1) is 0 Å². The lowest BCUT2D eigenvalue weighted by Crippen LogP contribution is -2.46. The van der Waals surface area contributed by atoms with Gasteiger partial charge in [-0.05, 0) is 37.1 Å². The number of nitrogens with zero attached hydrogens (tertiary/aromatic N) is 1. The van der Waals surface area contributed by atoms with E-state index in [1.54, 1.807) is 24.3 Å². The maximum Gasteiger partial charge on any atom is 0.251 e. The van der Waals surface area contributed by atoms with Crippen LogP contribution in [-0.2, 0) is 4.79 Å². The lowest BCUT2D eigenvalue weighted by atomic mass is 10.0. The van der Waals surface area contributed by atoms with E-state index in [1.807, 2.05) is 4.90 Å². The summed E-state index contributed by atoms with van der Waals surface area (Å²) in [4.78, 5) is 24.9. The van der Waals surface area contributed by atoms with Crippen molar-refractivity contribution in [2.45, 2.75) is 18.9 Å². The van der Waals surface area contributed by atoms with Crippen LogP contribution < -0.4 is 11.1 Å². The van der Waals surface area contributed by atoms with E-state index >= 15 is 0 Å². The van der Waals surface area contributed by atoms with Gasteiger partial charge in [-0.15, -0.1) is 0 Å². The van der Waals surface area contributed by atoms with Crippen LogP contribution in [0.1, 0.15) is 23.2 Å². The highest BCUT2D eigenvalue weighted by atomic mass is 35.5. The molecule has 1 heterocycles. The molecule has 1 aromatic rings. The fourth-order valence-corrected chi connectivity index (χ4v) is 2.45. The Morgan fingerprint density at radius 1 is 1.25 bits per heavy atom. The molecular weight excluding hydrogens is 278 g/mol. The quantitative estimate of drug-likeness (QED) is 0.871. The zero-order valence-corrected chi connectivity index (χ0v) is 11.9. The van der Waals surface area contributed by atoms with Crippen LogP contribution in [0.4, 0.5) is 0 Å². The van der Waals surface area contributed by atoms with Crippen LogP contribution in [0.2, 0.25) is 5.02 Å². The maximum absolute atomic E-state index is 12.0. The Morgan fingerprint density at radius 3 is 2.40 bits per heavy atom. The first-order valence-electron chi connectivity index (χ1n) is 6.61. The lowest BCUT2D eigenvalue weighted by molar-refractivity contribution is -0.119. The van der Waals surface area contributed by atoms with E-state index in [4.69, 9.17) is 17.3 Å². The van der Waals surface area contributed by atoms with E-state index in [9.17, 15) is 9.59 Å². The summed E-state index contributed by atoms with van der Waals surface area (Å²) in [6.07, 6.45) is 1.65. The number of rotatable bonds is 4. The van der Waals surface area contributed by atoms with Gasteiger partial charge in [-0.1, -0.05) is 11.6 Å². The number of piperidine rings is 1. The van der Waals surface area contributed by atoms with Crippen LogP contribution in [0.5, 0.6) is 0 Å². The molecule has 0 atom stereocenters. The molecule has 6 heteroatoms. The smallest absolute Gasteiger partial charge is 0.251 e. The first-order chi connectivity index (χ1) is 9.54. The average molecular weight is 296 g/mol. The van der Waals surface area contributed by atoms with Crippen LogP contribution in [0.15, 0.2) is 24.3 Å². The van der Waals surface area contributed by atoms with Crippen LogP contribution >= 0.6 is 11.6 Å². The molecule has 0 bridgehead atoms. The third-order valence-corrected chi connectivity index (χ3v) is 3.66. The second kappa shape index (κ2) is 6.72. The third-order valence-electron chi connectivity index (χ3n) is 3.41. The first kappa shape index (κ1) is 14.8. The van der Waals surface area contributed by atoms with Crippen molar-refractivity contribution in [2.24, 2.45) is 5.73 Å². The van der Waals surface area contributed by atoms with Crippen LogP contribution in [0.25, 0.3) is 0 Å². The lowest BCUT2D eigenvalue weighted by Gasteiger charge is -2.31. The van der Waals surface area contributed by atoms with Gasteiger partial charge in [0.15, 0.2) is 0 Å². The van der Waals surface area contributed by atoms with Crippen molar-refractivity contribution < 1.29 is 9.59 Å². The monoisotopic (exact) mass is 295 g/mol. The van der Waals surface area contributed by atoms with Crippen LogP contribution in [-0.4, -0.2) is 42.4 Å². The van der Waals surface area contributed by atoms with E-state index in [2.05, 4.69) is 5.32 Å². The van der Waals surface area contributed by atoms with Crippen molar-refractivity contribution >= 4 is 23.4 Å². The highest BCUT2D eigenvalue weighted by Crippen LogP contribution is 2.12. The molecule has 0 radical (unpaired) electrons. The predicted molar refractivity (Wildman–Crippen MR) is 77.6 cm³/mol. The SMILES string of the molecule is NC(=O)CN1CCC(NC(=O)c2ccc(Cl)cc2)CC1. The van der Waals surface area contributed by atoms with Gasteiger partial charge in [-0.3, -0.25) is 14.5 Å². The van der Waals surface area contributed by atoms with Gasteiger partial charge in [0, 0.05) is 29.7 Å². The number of benzene rings is 1. The second-order valence-electron chi connectivity index (χ2n) is 5.00. The van der Waals surface area contributed by atoms with E-state index in [0.717, 1.165) is 25.9 Å². The summed E-state index contributed by atoms with van der Waals surface area (Å²) in [6.45, 7) is 1.83. The highest BCUT2D eigenvalue weighted by Gasteiger charge is 2.21. The topological polar surface area (TPSA) is 75.4 Å². The van der Waals surface area contributed by atoms with Crippen molar-refractivity contribution in [1.82, 2.24) is 10.2 Å². The standard InChI is InChI=1S/C14H18ClN3O2/c15-11-3-1-10(2-4-11)14(20)17-12-5-7-18(8-6-12)9-13(16)19/h1-4,12H,5-9H2,(H2,16,19)(H,17,20). The summed E-state index contributed by atoms with van der Waals surface area (Å²) in [5.74, 6) is -0.399. The van der Waals surface area contributed by atoms with Gasteiger partial charge in [0.1, 0.15) is 0 Å². The maximum atomic E-state index is 12.0. The van der Waals surface area contributed by atoms with Gasteiger partial charge in [-0.2, -0.15) is 0 Å². The fraction of sp³-hybridized carbons (Fsp3) is 0.429. The summed E-state index contributed by atoms with van der Waals surface area (Å²) >= 11 is 5.79. The van der Waals surface area contributed by atoms with E-state index in [0.29, 0.717) is 10.6 Å². The highest BCUT2D eigenvalue weighted by molar-refractivity contribution is 6.30. The summed E-state index contributed by atoms with van der Waals surface area (Å²) in [5, 5.41) is 3.62. The molecule has 5 nitrogen and oxygen atoms in total. The number of primary amides is 1. The number of carbonyl (C=O) groups is 2. The molecule has 0 unspecified atom stereocenters. The van der Waals surface area contributed by atoms with E-state index in [1.165, 1.54) is 0 Å². The van der Waals surface area contributed by atoms with Gasteiger partial charge in [0.05, 0.1) is 6.54 Å². The van der Waals surface area contributed by atoms with Gasteiger partial charge in [0.2, 0.25) is 5.91 Å². The Bertz CT molecular complexity index is 482. The van der Waals surface area contributed by atoms with Gasteiger partial charge in [-0.25, -0.2) is 0 Å². The molecule has 0 aromatic heterocycles. The van der Waals surface area contributed by atoms with Crippen molar-refractivity contribution in [3.8, 4) is 0 Å². The summed E-state index contributed by atoms with van der Waals surface area (Å²) in [5.41, 5.74) is 5.77. The van der Waals surface area contributed by atoms with Gasteiger partial charge < -0.3 is 11.1 Å². The molecule has 3 N–H and O–H groups in total. The van der Waals surface area contributed by atoms with Crippen molar-refractivity contribution in [3.63, 3.8) is 0 Å². The normalized spacial score (nSPS) is 16.9. The number of nitrogens with one attached hydrogen (secondary N) is 1. The minimum absolute atomic E-state index is 0.0879. The van der Waals surface area contributed by atoms with Crippen molar-refractivity contribution in [2.75, 3.05) is 19.6 Å². The molecule has 108 valence electrons. The summed E-state index contributed by atoms with van der Waals surface area (Å²) in [6, 6.07) is 6.96. The number of hydrogen-bond acceptors (Lipinski definition) is 3. The summed E-state index contributed by atoms with van der Waals surface area (Å²) < 4.78 is 0. The number of halogens is 1. The minimum Gasteiger partial charge on any atom is -0.369 e. The minimum atomic E-state index is -0.311. The molecule has 2 amide bonds. The Hall–Kier alpha value is -1.59. The Balaban J connectivity index is 1.82. The van der Waals surface area contributed by atoms with Crippen LogP contribution in [0.3, 0.4) is 0 Å². The molecule has 1 aliphatic rings. The molecule has 1 aliphatic heterocycles. The van der Waals surface area contributed by atoms with Gasteiger partial charge >= 0.3 is 0 Å². The number of hydrogen-bond donors (Lipinski definition) is 2. The number of carbonyl (C=O) groups excluding carboxylic acids is 2. The number of amides is 2. The first-order valence-corrected chi connectivity index (χ1v) is 6.99. The summed E-state index contributed by atoms with van der Waals surface area (Å²) in [7, 11) is 0. The molecule has 1 saturated heterocycles. The van der Waals surface area contributed by atoms with Gasteiger partial charge in [0.25, 0.3) is 5.91 Å². The molecule has 0 spiro atoms. The zero-order valence-electron chi connectivity index (χ0n) is 11.1. The Morgan fingerprint density at radius 2 is 1.85 bits per heavy atom. The molecule has 2 rings (SSSR count). The molecular formula is C14H18ClN3O2. The number of likely N-dealkylation sites (tertiary alicyclic amines) is 1. The molecule has 20 heavy (non-hydrogen) atoms. The van der Waals surface area contributed by atoms with Crippen molar-refractivity contribution in [1.29, 1.82) is 0 Å².